The van der Waals surface area contributed by atoms with E-state index in [1.54, 1.807) is 0 Å². The van der Waals surface area contributed by atoms with Crippen LogP contribution >= 0.6 is 31.9 Å². The minimum absolute atomic E-state index is 0.00714. The van der Waals surface area contributed by atoms with Gasteiger partial charge in [-0.25, -0.2) is 4.98 Å². The van der Waals surface area contributed by atoms with Gasteiger partial charge in [0, 0.05) is 5.56 Å². The Balaban J connectivity index is 0.00000136. The van der Waals surface area contributed by atoms with E-state index >= 15 is 0 Å². The number of aromatic nitrogens is 2. The second kappa shape index (κ2) is 8.93. The molecule has 28 heavy (non-hydrogen) atoms. The highest BCUT2D eigenvalue weighted by Gasteiger charge is 2.26. The molecule has 11 heteroatoms. The summed E-state index contributed by atoms with van der Waals surface area (Å²) in [7, 11) is 23.8. The highest BCUT2D eigenvalue weighted by Crippen LogP contribution is 2.27. The molecule has 2 aromatic heterocycles. The maximum atomic E-state index is 13.1. The minimum atomic E-state index is -1.07. The molecule has 1 unspecified atom stereocenters. The average molecular weight is 495 g/mol. The number of phenolic OH excluding ortho intramolecular Hbond substituents is 1. The van der Waals surface area contributed by atoms with Gasteiger partial charge in [-0.3, -0.25) is 4.79 Å². The molecule has 3 aromatic rings. The monoisotopic (exact) mass is 494 g/mol. The molecule has 0 aliphatic carbocycles. The van der Waals surface area contributed by atoms with Gasteiger partial charge in [-0.15, -0.1) is 5.46 Å². The van der Waals surface area contributed by atoms with E-state index in [1.807, 2.05) is 5.83 Å². The molecule has 0 saturated heterocycles. The van der Waals surface area contributed by atoms with Gasteiger partial charge in [0.05, 0.1) is 16.3 Å². The molecule has 0 amide bonds. The predicted molar refractivity (Wildman–Crippen MR) is 121 cm³/mol. The molecule has 2 heterocycles. The van der Waals surface area contributed by atoms with Gasteiger partial charge in [0.25, 0.3) is 0 Å². The number of rotatable bonds is 3. The number of carbonyl (C=O) groups excluding carboxylic acids is 1. The third kappa shape index (κ3) is 3.84. The topological polar surface area (TPSA) is 74.8 Å². The first-order valence-corrected chi connectivity index (χ1v) is 10.3. The number of aromatic hydroxyl groups is 1. The van der Waals surface area contributed by atoms with Crippen LogP contribution < -0.4 is 22.0 Å². The van der Waals surface area contributed by atoms with Gasteiger partial charge in [-0.2, -0.15) is 0 Å². The highest BCUT2D eigenvalue weighted by atomic mass is 79.9. The maximum Gasteiger partial charge on any atom is 0.211 e. The molecular weight excluding hydrogens is 483 g/mol. The van der Waals surface area contributed by atoms with Crippen LogP contribution in [0.1, 0.15) is 34.8 Å². The molecule has 0 bridgehead atoms. The number of halogens is 2. The fourth-order valence-electron chi connectivity index (χ4n) is 2.67. The lowest BCUT2D eigenvalue weighted by Crippen LogP contribution is -2.51. The number of hydrogen-bond donors (Lipinski definition) is 2. The number of benzene rings is 1. The lowest BCUT2D eigenvalue weighted by molar-refractivity contribution is 0.102. The summed E-state index contributed by atoms with van der Waals surface area (Å²) in [5.41, 5.74) is 0.606. The fraction of sp³-hybridized carbons (Fsp3) is 0.176. The quantitative estimate of drug-likeness (QED) is 0.286. The summed E-state index contributed by atoms with van der Waals surface area (Å²) in [6.45, 7) is 1.46. The highest BCUT2D eigenvalue weighted by molar-refractivity contribution is 9.10. The molecule has 1 atom stereocenters. The van der Waals surface area contributed by atoms with Gasteiger partial charge in [-0.1, -0.05) is 26.9 Å². The maximum absolute atomic E-state index is 13.1. The van der Waals surface area contributed by atoms with Crippen LogP contribution in [-0.4, -0.2) is 62.6 Å². The van der Waals surface area contributed by atoms with Gasteiger partial charge in [0.15, 0.2) is 0 Å². The van der Waals surface area contributed by atoms with Gasteiger partial charge in [0.1, 0.15) is 48.5 Å². The van der Waals surface area contributed by atoms with Gasteiger partial charge in [0.2, 0.25) is 5.78 Å². The third-order valence-corrected chi connectivity index (χ3v) is 4.70. The van der Waals surface area contributed by atoms with Crippen molar-refractivity contribution < 1.29 is 15.0 Å². The van der Waals surface area contributed by atoms with E-state index in [-0.39, 0.29) is 50.3 Å². The fourth-order valence-corrected chi connectivity index (χ4v) is 3.05. The second-order valence-electron chi connectivity index (χ2n) is 5.80. The summed E-state index contributed by atoms with van der Waals surface area (Å²) >= 11 is 6.10. The lowest BCUT2D eigenvalue weighted by atomic mass is 9.69. The van der Waals surface area contributed by atoms with Crippen molar-refractivity contribution in [1.29, 1.82) is 0 Å². The van der Waals surface area contributed by atoms with Gasteiger partial charge >= 0.3 is 0 Å². The Kier molecular flexibility index (Phi) is 7.28. The van der Waals surface area contributed by atoms with E-state index in [1.165, 1.54) is 29.5 Å². The van der Waals surface area contributed by atoms with Crippen molar-refractivity contribution in [3.05, 3.63) is 39.6 Å². The molecule has 0 fully saturated rings. The number of hydrogen-bond acceptors (Lipinski definition) is 4. The summed E-state index contributed by atoms with van der Waals surface area (Å²) in [6, 6.07) is 4.25. The molecule has 134 valence electrons. The number of aliphatic hydroxyl groups excluding tert-OH is 1. The van der Waals surface area contributed by atoms with Crippen LogP contribution in [0.2, 0.25) is 0 Å². The Labute approximate surface area is 184 Å². The number of fused-ring (bicyclic) bond motifs is 1. The average Bonchev–Trinajstić information content (AvgIpc) is 3.09. The summed E-state index contributed by atoms with van der Waals surface area (Å²) in [5.74, 6) is 1.31. The zero-order chi connectivity index (χ0) is 21.3. The Morgan fingerprint density at radius 3 is 2.29 bits per heavy atom. The first kappa shape index (κ1) is 22.8. The minimum Gasteiger partial charge on any atom is -0.507 e. The van der Waals surface area contributed by atoms with Crippen LogP contribution in [0.4, 0.5) is 0 Å². The molecule has 8 radical (unpaired) electrons. The zero-order valence-electron chi connectivity index (χ0n) is 15.1. The van der Waals surface area contributed by atoms with E-state index in [9.17, 15) is 15.0 Å². The smallest absolute Gasteiger partial charge is 0.211 e. The summed E-state index contributed by atoms with van der Waals surface area (Å²) in [6.07, 6.45) is -1.07. The van der Waals surface area contributed by atoms with Gasteiger partial charge < -0.3 is 14.6 Å². The first-order chi connectivity index (χ1) is 13.1. The van der Waals surface area contributed by atoms with Crippen LogP contribution in [0.3, 0.4) is 0 Å². The summed E-state index contributed by atoms with van der Waals surface area (Å²) in [4.78, 5) is 17.4. The van der Waals surface area contributed by atoms with E-state index in [2.05, 4.69) is 36.8 Å². The number of ketones is 1. The van der Waals surface area contributed by atoms with Crippen LogP contribution in [0, 0.1) is 0 Å². The van der Waals surface area contributed by atoms with Gasteiger partial charge in [-0.05, 0) is 52.5 Å². The number of alkyl halides is 1. The Morgan fingerprint density at radius 2 is 1.75 bits per heavy atom. The number of nitrogens with zero attached hydrogens (tertiary/aromatic N) is 2. The molecule has 5 nitrogen and oxygen atoms in total. The van der Waals surface area contributed by atoms with Crippen LogP contribution in [0.15, 0.2) is 22.7 Å². The molecular formula is C17H12B4Br2N2O3. The Bertz CT molecular complexity index is 1070. The van der Waals surface area contributed by atoms with E-state index in [0.717, 1.165) is 0 Å². The predicted octanol–water partition coefficient (Wildman–Crippen LogP) is -0.727. The number of pyridine rings is 1. The first-order valence-electron chi connectivity index (χ1n) is 7.88. The number of imidazole rings is 1. The van der Waals surface area contributed by atoms with E-state index in [4.69, 9.17) is 31.4 Å². The standard InChI is InChI=1S/C16H9B4BrN2O3.CH3Br/c1-5(24)12-13(14(26)6-2-3-8(25)7(21)4-6)23-15(20)10(18)9(17)11(19)16(23)22-12;1-2/h2-5,24-25H,1H3;1H3. The van der Waals surface area contributed by atoms with Crippen molar-refractivity contribution in [2.24, 2.45) is 0 Å². The summed E-state index contributed by atoms with van der Waals surface area (Å²) in [5, 5.41) is 19.7. The van der Waals surface area contributed by atoms with Crippen LogP contribution in [0.5, 0.6) is 5.75 Å². The molecule has 2 N–H and O–H groups in total. The summed E-state index contributed by atoms with van der Waals surface area (Å²) < 4.78 is 1.62. The Morgan fingerprint density at radius 1 is 1.14 bits per heavy atom. The van der Waals surface area contributed by atoms with Crippen molar-refractivity contribution >= 4 is 96.7 Å². The second-order valence-corrected chi connectivity index (χ2v) is 6.66. The van der Waals surface area contributed by atoms with Crippen LogP contribution in [-0.2, 0) is 0 Å². The molecule has 0 spiro atoms. The number of aliphatic hydroxyl groups is 1. The molecule has 0 aliphatic heterocycles. The van der Waals surface area contributed by atoms with E-state index < -0.39 is 11.9 Å². The SMILES string of the molecule is CBr.[B]c1c([B])c([B])n2c(C(=O)c3ccc(O)c(Br)c3)c(C(C)O)nc2c1[B]. The van der Waals surface area contributed by atoms with Crippen molar-refractivity contribution in [3.8, 4) is 5.75 Å². The largest absolute Gasteiger partial charge is 0.507 e. The van der Waals surface area contributed by atoms with Crippen molar-refractivity contribution in [1.82, 2.24) is 9.38 Å². The number of phenols is 1. The zero-order valence-corrected chi connectivity index (χ0v) is 18.2. The van der Waals surface area contributed by atoms with Crippen molar-refractivity contribution in [2.45, 2.75) is 13.0 Å². The van der Waals surface area contributed by atoms with E-state index in [0.29, 0.717) is 4.47 Å². The third-order valence-electron chi connectivity index (χ3n) is 4.06. The number of carbonyl (C=O) groups is 1. The molecule has 3 rings (SSSR count). The molecule has 1 aromatic carbocycles. The Hall–Kier alpha value is -1.44. The molecule has 0 aliphatic rings. The van der Waals surface area contributed by atoms with Crippen LogP contribution in [0.25, 0.3) is 5.65 Å². The van der Waals surface area contributed by atoms with Crippen molar-refractivity contribution in [3.63, 3.8) is 0 Å². The van der Waals surface area contributed by atoms with Crippen molar-refractivity contribution in [2.75, 3.05) is 5.83 Å². The lowest BCUT2D eigenvalue weighted by Gasteiger charge is -2.16. The normalized spacial score (nSPS) is 11.8. The molecule has 0 saturated carbocycles.